The molecule has 2 aromatic rings. The van der Waals surface area contributed by atoms with Crippen molar-refractivity contribution in [2.45, 2.75) is 128 Å². The Kier molecular flexibility index (Phi) is 9.59. The van der Waals surface area contributed by atoms with Crippen LogP contribution in [0, 0.1) is 5.41 Å². The number of hydrogen-bond acceptors (Lipinski definition) is 0. The van der Waals surface area contributed by atoms with Crippen LogP contribution in [-0.4, -0.2) is 3.21 Å². The van der Waals surface area contributed by atoms with E-state index in [1.54, 1.807) is 39.0 Å². The maximum atomic E-state index is 2.75. The second-order valence-electron chi connectivity index (χ2n) is 16.7. The molecule has 2 aromatic carbocycles. The molecule has 0 N–H and O–H groups in total. The average Bonchev–Trinajstić information content (AvgIpc) is 3.57. The molecule has 0 heterocycles. The quantitative estimate of drug-likeness (QED) is 0.361. The van der Waals surface area contributed by atoms with Crippen molar-refractivity contribution in [3.05, 3.63) is 90.8 Å². The Hall–Kier alpha value is -1.27. The molecule has 238 valence electrons. The van der Waals surface area contributed by atoms with E-state index in [0.717, 1.165) is 12.8 Å². The third kappa shape index (κ3) is 5.89. The van der Waals surface area contributed by atoms with E-state index in [1.807, 2.05) is 6.49 Å². The molecule has 0 nitrogen and oxygen atoms in total. The predicted molar refractivity (Wildman–Crippen MR) is 185 cm³/mol. The maximum absolute atomic E-state index is 2.75. The van der Waals surface area contributed by atoms with Crippen molar-refractivity contribution in [2.24, 2.45) is 5.41 Å². The minimum Gasteiger partial charge on any atom is -1.00 e. The second kappa shape index (κ2) is 12.3. The fourth-order valence-electron chi connectivity index (χ4n) is 8.78. The monoisotopic (exact) mass is 716 g/mol. The van der Waals surface area contributed by atoms with Crippen LogP contribution in [0.15, 0.2) is 57.4 Å². The van der Waals surface area contributed by atoms with Crippen LogP contribution in [0.2, 0.25) is 0 Å². The largest absolute Gasteiger partial charge is 1.00 e. The zero-order chi connectivity index (χ0) is 30.5. The number of rotatable bonds is 2. The van der Waals surface area contributed by atoms with Gasteiger partial charge < -0.3 is 24.8 Å². The van der Waals surface area contributed by atoms with Crippen LogP contribution in [0.5, 0.6) is 0 Å². The summed E-state index contributed by atoms with van der Waals surface area (Å²) >= 11 is -2.33. The summed E-state index contributed by atoms with van der Waals surface area (Å²) in [7, 11) is 0. The van der Waals surface area contributed by atoms with Gasteiger partial charge in [-0.25, -0.2) is 0 Å². The maximum Gasteiger partial charge on any atom is -1.00 e. The van der Waals surface area contributed by atoms with Gasteiger partial charge in [-0.05, 0) is 0 Å². The zero-order valence-electron chi connectivity index (χ0n) is 29.1. The Bertz CT molecular complexity index is 1620. The van der Waals surface area contributed by atoms with Crippen LogP contribution in [0.1, 0.15) is 151 Å². The van der Waals surface area contributed by atoms with E-state index >= 15 is 0 Å². The van der Waals surface area contributed by atoms with E-state index in [0.29, 0.717) is 3.63 Å². The van der Waals surface area contributed by atoms with Gasteiger partial charge in [-0.3, -0.25) is 0 Å². The molecule has 0 saturated heterocycles. The van der Waals surface area contributed by atoms with Gasteiger partial charge in [0.1, 0.15) is 0 Å². The third-order valence-electron chi connectivity index (χ3n) is 11.6. The molecular weight excluding hydrogens is 667 g/mol. The van der Waals surface area contributed by atoms with E-state index in [2.05, 4.69) is 111 Å². The average molecular weight is 719 g/mol. The van der Waals surface area contributed by atoms with Crippen molar-refractivity contribution in [2.75, 3.05) is 0 Å². The summed E-state index contributed by atoms with van der Waals surface area (Å²) in [6.45, 7) is 21.8. The molecule has 0 unspecified atom stereocenters. The first kappa shape index (κ1) is 35.1. The van der Waals surface area contributed by atoms with Crippen LogP contribution in [0.3, 0.4) is 0 Å². The molecule has 5 aliphatic carbocycles. The van der Waals surface area contributed by atoms with Gasteiger partial charge in [0, 0.05) is 0 Å². The number of halogens is 2. The van der Waals surface area contributed by atoms with Crippen LogP contribution < -0.4 is 24.8 Å². The van der Waals surface area contributed by atoms with E-state index < -0.39 is 21.3 Å². The number of hydrogen-bond donors (Lipinski definition) is 0. The number of allylic oxidation sites excluding steroid dienone is 8. The van der Waals surface area contributed by atoms with Crippen molar-refractivity contribution in [3.8, 4) is 11.1 Å². The van der Waals surface area contributed by atoms with Gasteiger partial charge in [-0.15, -0.1) is 0 Å². The number of benzene rings is 2. The molecule has 0 aromatic heterocycles. The van der Waals surface area contributed by atoms with E-state index in [4.69, 9.17) is 0 Å². The summed E-state index contributed by atoms with van der Waals surface area (Å²) in [6.07, 6.45) is 20.8. The molecular formula is C42H52Cl2Zr. The Balaban J connectivity index is 0.00000200. The summed E-state index contributed by atoms with van der Waals surface area (Å²) in [4.78, 5) is 0. The first-order valence-electron chi connectivity index (χ1n) is 17.1. The fraction of sp³-hybridized carbons (Fsp3) is 0.500. The molecule has 0 bridgehead atoms. The molecule has 1 saturated carbocycles. The van der Waals surface area contributed by atoms with Gasteiger partial charge in [0.15, 0.2) is 0 Å². The van der Waals surface area contributed by atoms with Crippen LogP contribution in [-0.2, 0) is 32.1 Å². The normalized spacial score (nSPS) is 20.9. The molecule has 0 amide bonds. The summed E-state index contributed by atoms with van der Waals surface area (Å²) in [6, 6.07) is 10.8. The Morgan fingerprint density at radius 3 is 1.60 bits per heavy atom. The fourth-order valence-corrected chi connectivity index (χ4v) is 18.3. The minimum absolute atomic E-state index is 0. The second-order valence-corrected chi connectivity index (χ2v) is 23.5. The minimum atomic E-state index is -2.33. The molecule has 7 rings (SSSR count). The first-order chi connectivity index (χ1) is 20.3. The first-order valence-corrected chi connectivity index (χ1v) is 21.0. The van der Waals surface area contributed by atoms with Crippen molar-refractivity contribution < 1.29 is 46.1 Å². The summed E-state index contributed by atoms with van der Waals surface area (Å²) in [5.74, 6) is 0. The van der Waals surface area contributed by atoms with Crippen molar-refractivity contribution >= 4 is 14.4 Å². The summed E-state index contributed by atoms with van der Waals surface area (Å²) < 4.78 is 4.49. The van der Waals surface area contributed by atoms with Crippen LogP contribution in [0.4, 0.5) is 0 Å². The van der Waals surface area contributed by atoms with Gasteiger partial charge in [0.25, 0.3) is 0 Å². The van der Waals surface area contributed by atoms with Gasteiger partial charge in [0.2, 0.25) is 0 Å². The molecule has 0 spiro atoms. The van der Waals surface area contributed by atoms with E-state index in [1.165, 1.54) is 60.8 Å². The van der Waals surface area contributed by atoms with Crippen LogP contribution in [0.25, 0.3) is 22.3 Å². The van der Waals surface area contributed by atoms with Crippen molar-refractivity contribution in [3.63, 3.8) is 0 Å². The van der Waals surface area contributed by atoms with Crippen molar-refractivity contribution in [1.82, 2.24) is 0 Å². The van der Waals surface area contributed by atoms with Gasteiger partial charge in [0.05, 0.1) is 0 Å². The molecule has 0 aliphatic heterocycles. The summed E-state index contributed by atoms with van der Waals surface area (Å²) in [5.41, 5.74) is 17.8. The third-order valence-corrected chi connectivity index (χ3v) is 20.3. The Morgan fingerprint density at radius 1 is 0.667 bits per heavy atom. The summed E-state index contributed by atoms with van der Waals surface area (Å²) in [5, 5.41) is 0. The predicted octanol–water partition coefficient (Wildman–Crippen LogP) is 5.95. The smallest absolute Gasteiger partial charge is 1.00 e. The van der Waals surface area contributed by atoms with Gasteiger partial charge in [-0.2, -0.15) is 0 Å². The van der Waals surface area contributed by atoms with Gasteiger partial charge in [-0.1, -0.05) is 0 Å². The molecule has 3 heteroatoms. The molecule has 5 aliphatic rings. The van der Waals surface area contributed by atoms with Crippen LogP contribution >= 0.6 is 0 Å². The molecule has 0 atom stereocenters. The molecule has 45 heavy (non-hydrogen) atoms. The Morgan fingerprint density at radius 2 is 1.16 bits per heavy atom. The van der Waals surface area contributed by atoms with E-state index in [-0.39, 0.29) is 41.1 Å². The van der Waals surface area contributed by atoms with Gasteiger partial charge >= 0.3 is 271 Å². The SMILES string of the molecule is CC1=CCC(C)(C)c2cc3c(cc21)-c1cc2c(cc1[CH]3[Zr+2]([C]1=CC(C(C)(C)C)=CC1)=[C]1CCCCC1)C(C)(C)CC=C2C.[Cl-].[Cl-]. The standard InChI is InChI=1S/C27H29.C9H13.C6H10.2ClH.Zr/c1-16-7-9-26(3,4)24-12-18-11-19-13-25-21(17(2)8-10-27(25,5)6)15-23(19)22(18)14-20(16)24;1-9(2,3)8-6-4-5-7-8;1-2-4-6-5-3-1;;;/h7-8,11-15H,9-10H2,1-6H3;6-7H,4H2,1-3H3;1-5H2;2*1H;/q;;;;;+2/p-2. The Labute approximate surface area is 293 Å². The number of fused-ring (bicyclic) bond motifs is 5. The van der Waals surface area contributed by atoms with Crippen molar-refractivity contribution in [1.29, 1.82) is 0 Å². The molecule has 0 radical (unpaired) electrons. The molecule has 1 fully saturated rings. The van der Waals surface area contributed by atoms with E-state index in [9.17, 15) is 0 Å². The topological polar surface area (TPSA) is 0 Å². The zero-order valence-corrected chi connectivity index (χ0v) is 33.1.